The summed E-state index contributed by atoms with van der Waals surface area (Å²) in [6, 6.07) is 12.8. The van der Waals surface area contributed by atoms with Crippen molar-refractivity contribution < 1.29 is 32.2 Å². The topological polar surface area (TPSA) is 56.8 Å². The van der Waals surface area contributed by atoms with Crippen molar-refractivity contribution in [1.82, 2.24) is 5.32 Å². The average Bonchev–Trinajstić information content (AvgIpc) is 2.69. The lowest BCUT2D eigenvalue weighted by atomic mass is 10.1. The van der Waals surface area contributed by atoms with Gasteiger partial charge in [0.05, 0.1) is 19.3 Å². The molecule has 2 rings (SSSR count). The lowest BCUT2D eigenvalue weighted by Crippen LogP contribution is -2.34. The molecule has 2 aromatic carbocycles. The molecule has 164 valence electrons. The molecule has 1 amide bonds. The number of halogens is 3. The fourth-order valence-corrected chi connectivity index (χ4v) is 2.84. The normalized spacial score (nSPS) is 13.4. The van der Waals surface area contributed by atoms with E-state index in [0.29, 0.717) is 30.3 Å². The molecule has 0 heterocycles. The van der Waals surface area contributed by atoms with Gasteiger partial charge in [0.25, 0.3) is 5.91 Å². The fraction of sp³-hybridized carbons (Fsp3) is 0.409. The van der Waals surface area contributed by atoms with E-state index in [4.69, 9.17) is 14.2 Å². The van der Waals surface area contributed by atoms with Crippen molar-refractivity contribution in [2.45, 2.75) is 39.1 Å². The first-order valence-electron chi connectivity index (χ1n) is 9.68. The maximum atomic E-state index is 12.8. The molecular formula is C22H26F3NO4. The Balaban J connectivity index is 2.18. The van der Waals surface area contributed by atoms with E-state index in [2.05, 4.69) is 5.32 Å². The minimum atomic E-state index is -4.54. The number of carbonyl (C=O) groups is 1. The molecule has 0 bridgehead atoms. The lowest BCUT2D eigenvalue weighted by Gasteiger charge is -2.22. The molecule has 0 fully saturated rings. The average molecular weight is 425 g/mol. The molecule has 0 radical (unpaired) electrons. The van der Waals surface area contributed by atoms with Crippen molar-refractivity contribution in [3.8, 4) is 11.5 Å². The highest BCUT2D eigenvalue weighted by molar-refractivity contribution is 5.82. The van der Waals surface area contributed by atoms with Crippen LogP contribution in [-0.4, -0.2) is 31.9 Å². The summed E-state index contributed by atoms with van der Waals surface area (Å²) in [4.78, 5) is 12.8. The summed E-state index contributed by atoms with van der Waals surface area (Å²) in [5.41, 5.74) is 1.06. The highest BCUT2D eigenvalue weighted by atomic mass is 19.4. The van der Waals surface area contributed by atoms with E-state index >= 15 is 0 Å². The second kappa shape index (κ2) is 10.9. The summed E-state index contributed by atoms with van der Waals surface area (Å²) in [5, 5.41) is 2.72. The van der Waals surface area contributed by atoms with Crippen LogP contribution in [0.1, 0.15) is 44.0 Å². The van der Waals surface area contributed by atoms with Crippen LogP contribution < -0.4 is 14.8 Å². The van der Waals surface area contributed by atoms with Gasteiger partial charge in [-0.2, -0.15) is 13.2 Å². The second-order valence-corrected chi connectivity index (χ2v) is 6.52. The van der Waals surface area contributed by atoms with Crippen molar-refractivity contribution in [1.29, 1.82) is 0 Å². The molecule has 0 aromatic heterocycles. The van der Waals surface area contributed by atoms with Crippen LogP contribution in [0, 0.1) is 0 Å². The fourth-order valence-electron chi connectivity index (χ4n) is 2.84. The number of carbonyl (C=O) groups excluding carboxylic acids is 1. The van der Waals surface area contributed by atoms with Crippen LogP contribution in [0.25, 0.3) is 0 Å². The van der Waals surface area contributed by atoms with Crippen LogP contribution in [-0.2, 0) is 9.53 Å². The molecule has 1 N–H and O–H groups in total. The van der Waals surface area contributed by atoms with Gasteiger partial charge in [-0.05, 0) is 44.0 Å². The Kier molecular flexibility index (Phi) is 8.53. The Morgan fingerprint density at radius 1 is 0.967 bits per heavy atom. The third-order valence-electron chi connectivity index (χ3n) is 4.18. The number of nitrogens with one attached hydrogen (secondary N) is 1. The number of benzene rings is 2. The zero-order chi connectivity index (χ0) is 22.1. The third kappa shape index (κ3) is 6.95. The molecule has 0 spiro atoms. The van der Waals surface area contributed by atoms with Gasteiger partial charge in [-0.3, -0.25) is 4.79 Å². The van der Waals surface area contributed by atoms with E-state index in [9.17, 15) is 18.0 Å². The quantitative estimate of drug-likeness (QED) is 0.583. The van der Waals surface area contributed by atoms with Gasteiger partial charge in [0.1, 0.15) is 6.61 Å². The van der Waals surface area contributed by atoms with Gasteiger partial charge in [-0.25, -0.2) is 0 Å². The zero-order valence-corrected chi connectivity index (χ0v) is 17.2. The first kappa shape index (κ1) is 23.5. The number of hydrogen-bond donors (Lipinski definition) is 1. The van der Waals surface area contributed by atoms with E-state index < -0.39 is 30.8 Å². The van der Waals surface area contributed by atoms with Gasteiger partial charge in [-0.15, -0.1) is 0 Å². The maximum absolute atomic E-state index is 12.8. The van der Waals surface area contributed by atoms with Crippen molar-refractivity contribution in [2.24, 2.45) is 0 Å². The van der Waals surface area contributed by atoms with E-state index in [-0.39, 0.29) is 0 Å². The molecule has 0 saturated carbocycles. The Labute approximate surface area is 174 Å². The predicted octanol–water partition coefficient (Wildman–Crippen LogP) is 4.98. The van der Waals surface area contributed by atoms with Crippen molar-refractivity contribution in [2.75, 3.05) is 19.8 Å². The van der Waals surface area contributed by atoms with Crippen molar-refractivity contribution in [3.63, 3.8) is 0 Å². The lowest BCUT2D eigenvalue weighted by molar-refractivity contribution is -0.188. The van der Waals surface area contributed by atoms with Gasteiger partial charge in [0.15, 0.2) is 17.6 Å². The van der Waals surface area contributed by atoms with Crippen LogP contribution in [0.3, 0.4) is 0 Å². The summed E-state index contributed by atoms with van der Waals surface area (Å²) < 4.78 is 54.0. The molecule has 2 aromatic rings. The molecule has 0 unspecified atom stereocenters. The minimum absolute atomic E-state index is 0.341. The molecule has 0 aliphatic heterocycles. The molecular weight excluding hydrogens is 399 g/mol. The first-order chi connectivity index (χ1) is 14.2. The summed E-state index contributed by atoms with van der Waals surface area (Å²) in [7, 11) is 0. The van der Waals surface area contributed by atoms with Crippen LogP contribution in [0.4, 0.5) is 13.2 Å². The molecule has 2 atom stereocenters. The van der Waals surface area contributed by atoms with E-state index in [0.717, 1.165) is 5.56 Å². The molecule has 0 saturated heterocycles. The van der Waals surface area contributed by atoms with Crippen LogP contribution in [0.5, 0.6) is 11.5 Å². The number of rotatable bonds is 10. The minimum Gasteiger partial charge on any atom is -0.490 e. The van der Waals surface area contributed by atoms with E-state index in [1.165, 1.54) is 0 Å². The molecule has 0 aliphatic rings. The predicted molar refractivity (Wildman–Crippen MR) is 107 cm³/mol. The Morgan fingerprint density at radius 3 is 2.20 bits per heavy atom. The van der Waals surface area contributed by atoms with Crippen LogP contribution >= 0.6 is 0 Å². The maximum Gasteiger partial charge on any atom is 0.411 e. The van der Waals surface area contributed by atoms with Crippen LogP contribution in [0.2, 0.25) is 0 Å². The molecule has 8 heteroatoms. The highest BCUT2D eigenvalue weighted by Gasteiger charge is 2.32. The van der Waals surface area contributed by atoms with Gasteiger partial charge < -0.3 is 19.5 Å². The summed E-state index contributed by atoms with van der Waals surface area (Å²) in [6.07, 6.45) is -5.93. The third-order valence-corrected chi connectivity index (χ3v) is 4.18. The van der Waals surface area contributed by atoms with Gasteiger partial charge in [0.2, 0.25) is 0 Å². The van der Waals surface area contributed by atoms with E-state index in [1.54, 1.807) is 55.5 Å². The summed E-state index contributed by atoms with van der Waals surface area (Å²) in [5.74, 6) is 0.452. The second-order valence-electron chi connectivity index (χ2n) is 6.52. The van der Waals surface area contributed by atoms with Gasteiger partial charge in [0, 0.05) is 0 Å². The SMILES string of the molecule is CCOc1ccc([C@@H](C)NC(=O)[C@@H](OCC(F)(F)F)c2ccccc2)cc1OCC. The number of hydrogen-bond acceptors (Lipinski definition) is 4. The van der Waals surface area contributed by atoms with Crippen molar-refractivity contribution in [3.05, 3.63) is 59.7 Å². The summed E-state index contributed by atoms with van der Waals surface area (Å²) >= 11 is 0. The van der Waals surface area contributed by atoms with E-state index in [1.807, 2.05) is 13.8 Å². The number of amides is 1. The highest BCUT2D eigenvalue weighted by Crippen LogP contribution is 2.31. The molecule has 5 nitrogen and oxygen atoms in total. The Hall–Kier alpha value is -2.74. The van der Waals surface area contributed by atoms with Crippen LogP contribution in [0.15, 0.2) is 48.5 Å². The molecule has 30 heavy (non-hydrogen) atoms. The number of ether oxygens (including phenoxy) is 3. The van der Waals surface area contributed by atoms with Gasteiger partial charge >= 0.3 is 6.18 Å². The standard InChI is InChI=1S/C22H26F3NO4/c1-4-28-18-12-11-17(13-19(18)29-5-2)15(3)26-21(27)20(30-14-22(23,24)25)16-9-7-6-8-10-16/h6-13,15,20H,4-5,14H2,1-3H3,(H,26,27)/t15-,20+/m1/s1. The first-order valence-corrected chi connectivity index (χ1v) is 9.68. The number of alkyl halides is 3. The van der Waals surface area contributed by atoms with Gasteiger partial charge in [-0.1, -0.05) is 36.4 Å². The van der Waals surface area contributed by atoms with Crippen molar-refractivity contribution >= 4 is 5.91 Å². The monoisotopic (exact) mass is 425 g/mol. The summed E-state index contributed by atoms with van der Waals surface area (Å²) in [6.45, 7) is 4.82. The smallest absolute Gasteiger partial charge is 0.411 e. The Bertz CT molecular complexity index is 812. The Morgan fingerprint density at radius 2 is 1.60 bits per heavy atom. The zero-order valence-electron chi connectivity index (χ0n) is 17.2. The molecule has 0 aliphatic carbocycles. The largest absolute Gasteiger partial charge is 0.490 e.